The van der Waals surface area contributed by atoms with Crippen molar-refractivity contribution in [2.24, 2.45) is 5.73 Å². The molecule has 1 nitrogen and oxygen atoms in total. The largest absolute Gasteiger partial charge is 0.326 e. The molecule has 0 radical (unpaired) electrons. The van der Waals surface area contributed by atoms with Crippen LogP contribution < -0.4 is 5.73 Å². The lowest BCUT2D eigenvalue weighted by atomic mass is 10.0. The van der Waals surface area contributed by atoms with Gasteiger partial charge in [0.15, 0.2) is 0 Å². The van der Waals surface area contributed by atoms with Gasteiger partial charge in [0.1, 0.15) is 5.82 Å². The summed E-state index contributed by atoms with van der Waals surface area (Å²) < 4.78 is 13.4. The van der Waals surface area contributed by atoms with Crippen LogP contribution in [0.25, 0.3) is 0 Å². The van der Waals surface area contributed by atoms with Crippen LogP contribution >= 0.6 is 11.8 Å². The highest BCUT2D eigenvalue weighted by Gasteiger charge is 2.19. The quantitative estimate of drug-likeness (QED) is 0.845. The highest BCUT2D eigenvalue weighted by molar-refractivity contribution is 7.98. The molecule has 3 heteroatoms. The van der Waals surface area contributed by atoms with Gasteiger partial charge in [-0.15, -0.1) is 11.8 Å². The van der Waals surface area contributed by atoms with Crippen LogP contribution in [0.5, 0.6) is 0 Å². The Balaban J connectivity index is 2.12. The molecule has 2 aromatic rings. The molecule has 0 bridgehead atoms. The number of benzene rings is 2. The minimum Gasteiger partial charge on any atom is -0.326 e. The maximum absolute atomic E-state index is 13.4. The van der Waals surface area contributed by atoms with Gasteiger partial charge < -0.3 is 5.73 Å². The predicted octanol–water partition coefficient (Wildman–Crippen LogP) is 4.54. The van der Waals surface area contributed by atoms with Crippen LogP contribution in [-0.2, 0) is 5.75 Å². The molecule has 2 N–H and O–H groups in total. The Morgan fingerprint density at radius 3 is 2.50 bits per heavy atom. The Labute approximate surface area is 124 Å². The van der Waals surface area contributed by atoms with Gasteiger partial charge in [0, 0.05) is 17.0 Å². The molecule has 0 aromatic heterocycles. The zero-order valence-electron chi connectivity index (χ0n) is 11.6. The van der Waals surface area contributed by atoms with Crippen LogP contribution in [0.15, 0.2) is 54.6 Å². The molecule has 0 spiro atoms. The highest BCUT2D eigenvalue weighted by Crippen LogP contribution is 2.35. The van der Waals surface area contributed by atoms with Crippen molar-refractivity contribution < 1.29 is 4.39 Å². The van der Waals surface area contributed by atoms with Crippen LogP contribution in [0.2, 0.25) is 0 Å². The van der Waals surface area contributed by atoms with Crippen molar-refractivity contribution in [3.63, 3.8) is 0 Å². The van der Waals surface area contributed by atoms with Crippen LogP contribution in [0.1, 0.15) is 29.7 Å². The number of hydrogen-bond donors (Lipinski definition) is 1. The molecule has 2 atom stereocenters. The van der Waals surface area contributed by atoms with Crippen molar-refractivity contribution in [2.45, 2.75) is 30.4 Å². The third-order valence-electron chi connectivity index (χ3n) is 3.31. The Morgan fingerprint density at radius 2 is 1.85 bits per heavy atom. The normalized spacial score (nSPS) is 13.9. The van der Waals surface area contributed by atoms with E-state index < -0.39 is 0 Å². The van der Waals surface area contributed by atoms with Crippen molar-refractivity contribution in [3.05, 3.63) is 71.5 Å². The minimum atomic E-state index is -0.198. The minimum absolute atomic E-state index is 0.0329. The first-order valence-corrected chi connectivity index (χ1v) is 7.92. The van der Waals surface area contributed by atoms with Crippen molar-refractivity contribution >= 4 is 11.8 Å². The van der Waals surface area contributed by atoms with Gasteiger partial charge in [0.2, 0.25) is 0 Å². The average Bonchev–Trinajstić information content (AvgIpc) is 2.48. The van der Waals surface area contributed by atoms with E-state index in [-0.39, 0.29) is 17.1 Å². The van der Waals surface area contributed by atoms with Crippen LogP contribution in [0.4, 0.5) is 4.39 Å². The Bertz CT molecular complexity index is 530. The second-order valence-corrected chi connectivity index (χ2v) is 5.97. The fourth-order valence-electron chi connectivity index (χ4n) is 2.12. The molecule has 0 fully saturated rings. The summed E-state index contributed by atoms with van der Waals surface area (Å²) in [6.07, 6.45) is 0.878. The topological polar surface area (TPSA) is 26.0 Å². The molecule has 20 heavy (non-hydrogen) atoms. The zero-order chi connectivity index (χ0) is 14.4. The first-order valence-electron chi connectivity index (χ1n) is 6.87. The van der Waals surface area contributed by atoms with Gasteiger partial charge in [-0.3, -0.25) is 0 Å². The first kappa shape index (κ1) is 15.1. The van der Waals surface area contributed by atoms with E-state index in [1.165, 1.54) is 11.6 Å². The molecule has 0 aliphatic carbocycles. The van der Waals surface area contributed by atoms with E-state index in [0.29, 0.717) is 0 Å². The Morgan fingerprint density at radius 1 is 1.10 bits per heavy atom. The van der Waals surface area contributed by atoms with Crippen LogP contribution in [0.3, 0.4) is 0 Å². The van der Waals surface area contributed by atoms with E-state index >= 15 is 0 Å². The van der Waals surface area contributed by atoms with Crippen molar-refractivity contribution in [3.8, 4) is 0 Å². The molecule has 2 rings (SSSR count). The van der Waals surface area contributed by atoms with E-state index in [0.717, 1.165) is 17.7 Å². The van der Waals surface area contributed by atoms with Gasteiger partial charge in [-0.25, -0.2) is 4.39 Å². The van der Waals surface area contributed by atoms with Gasteiger partial charge in [-0.2, -0.15) is 0 Å². The third-order valence-corrected chi connectivity index (χ3v) is 4.79. The lowest BCUT2D eigenvalue weighted by Crippen LogP contribution is -2.25. The van der Waals surface area contributed by atoms with Crippen molar-refractivity contribution in [1.29, 1.82) is 0 Å². The number of rotatable bonds is 6. The van der Waals surface area contributed by atoms with E-state index in [9.17, 15) is 4.39 Å². The molecular weight excluding hydrogens is 269 g/mol. The van der Waals surface area contributed by atoms with Crippen molar-refractivity contribution in [2.75, 3.05) is 0 Å². The maximum atomic E-state index is 13.4. The van der Waals surface area contributed by atoms with Gasteiger partial charge in [-0.05, 0) is 29.7 Å². The molecule has 0 aliphatic heterocycles. The first-order chi connectivity index (χ1) is 9.70. The summed E-state index contributed by atoms with van der Waals surface area (Å²) in [7, 11) is 0. The summed E-state index contributed by atoms with van der Waals surface area (Å²) in [6, 6.07) is 17.1. The van der Waals surface area contributed by atoms with Gasteiger partial charge in [0.25, 0.3) is 0 Å². The summed E-state index contributed by atoms with van der Waals surface area (Å²) in [5.41, 5.74) is 8.46. The van der Waals surface area contributed by atoms with Gasteiger partial charge >= 0.3 is 0 Å². The standard InChI is InChI=1S/C17H20FNS/c1-2-16(19)17(14-9-6-10-15(18)11-14)20-12-13-7-4-3-5-8-13/h3-11,16-17H,2,12,19H2,1H3. The summed E-state index contributed by atoms with van der Waals surface area (Å²) in [6.45, 7) is 2.07. The molecular formula is C17H20FNS. The van der Waals surface area contributed by atoms with Crippen molar-refractivity contribution in [1.82, 2.24) is 0 Å². The summed E-state index contributed by atoms with van der Waals surface area (Å²) in [4.78, 5) is 0. The second kappa shape index (κ2) is 7.46. The fourth-order valence-corrected chi connectivity index (χ4v) is 3.47. The number of nitrogens with two attached hydrogens (primary N) is 1. The number of hydrogen-bond acceptors (Lipinski definition) is 2. The molecule has 2 unspecified atom stereocenters. The molecule has 0 saturated heterocycles. The third kappa shape index (κ3) is 4.09. The zero-order valence-corrected chi connectivity index (χ0v) is 12.4. The monoisotopic (exact) mass is 289 g/mol. The maximum Gasteiger partial charge on any atom is 0.123 e. The summed E-state index contributed by atoms with van der Waals surface area (Å²) in [5.74, 6) is 0.687. The second-order valence-electron chi connectivity index (χ2n) is 4.84. The van der Waals surface area contributed by atoms with E-state index in [1.54, 1.807) is 23.9 Å². The van der Waals surface area contributed by atoms with E-state index in [4.69, 9.17) is 5.73 Å². The lowest BCUT2D eigenvalue weighted by molar-refractivity contribution is 0.610. The smallest absolute Gasteiger partial charge is 0.123 e. The molecule has 0 amide bonds. The fraction of sp³-hybridized carbons (Fsp3) is 0.294. The van der Waals surface area contributed by atoms with E-state index in [2.05, 4.69) is 19.1 Å². The predicted molar refractivity (Wildman–Crippen MR) is 85.1 cm³/mol. The van der Waals surface area contributed by atoms with Crippen LogP contribution in [0, 0.1) is 5.82 Å². The Kier molecular flexibility index (Phi) is 5.62. The number of halogens is 1. The summed E-state index contributed by atoms with van der Waals surface area (Å²) >= 11 is 1.78. The SMILES string of the molecule is CCC(N)C(SCc1ccccc1)c1cccc(F)c1. The molecule has 2 aromatic carbocycles. The summed E-state index contributed by atoms with van der Waals surface area (Å²) in [5, 5.41) is 0.121. The lowest BCUT2D eigenvalue weighted by Gasteiger charge is -2.23. The van der Waals surface area contributed by atoms with E-state index in [1.807, 2.05) is 24.3 Å². The van der Waals surface area contributed by atoms with Gasteiger partial charge in [0.05, 0.1) is 0 Å². The Hall–Kier alpha value is -1.32. The molecule has 0 aliphatic rings. The number of thioether (sulfide) groups is 1. The molecule has 0 heterocycles. The average molecular weight is 289 g/mol. The molecule has 0 saturated carbocycles. The van der Waals surface area contributed by atoms with Gasteiger partial charge in [-0.1, -0.05) is 49.4 Å². The highest BCUT2D eigenvalue weighted by atomic mass is 32.2. The molecule has 106 valence electrons. The van der Waals surface area contributed by atoms with Crippen LogP contribution in [-0.4, -0.2) is 6.04 Å².